The quantitative estimate of drug-likeness (QED) is 0.503. The molecule has 4 rings (SSSR count). The highest BCUT2D eigenvalue weighted by Crippen LogP contribution is 2.32. The zero-order chi connectivity index (χ0) is 26.9. The lowest BCUT2D eigenvalue weighted by Crippen LogP contribution is -2.47. The summed E-state index contributed by atoms with van der Waals surface area (Å²) in [5, 5.41) is 13.6. The third-order valence-electron chi connectivity index (χ3n) is 7.16. The van der Waals surface area contributed by atoms with Gasteiger partial charge in [0.25, 0.3) is 10.0 Å². The van der Waals surface area contributed by atoms with Crippen molar-refractivity contribution in [2.45, 2.75) is 64.0 Å². The molecule has 0 unspecified atom stereocenters. The number of amides is 1. The molecule has 0 bridgehead atoms. The number of hydrogen-bond acceptors (Lipinski definition) is 8. The number of fused-ring (bicyclic) bond motifs is 1. The van der Waals surface area contributed by atoms with E-state index in [-0.39, 0.29) is 53.3 Å². The summed E-state index contributed by atoms with van der Waals surface area (Å²) >= 11 is 0. The number of benzene rings is 1. The van der Waals surface area contributed by atoms with Crippen LogP contribution >= 0.6 is 0 Å². The number of anilines is 1. The van der Waals surface area contributed by atoms with Crippen LogP contribution in [0.25, 0.3) is 0 Å². The van der Waals surface area contributed by atoms with Crippen molar-refractivity contribution in [3.8, 4) is 5.75 Å². The van der Waals surface area contributed by atoms with E-state index >= 15 is 0 Å². The molecule has 0 spiro atoms. The van der Waals surface area contributed by atoms with Crippen LogP contribution in [0.1, 0.15) is 43.7 Å². The second kappa shape index (κ2) is 11.0. The van der Waals surface area contributed by atoms with E-state index in [1.807, 2.05) is 6.92 Å². The lowest BCUT2D eigenvalue weighted by Gasteiger charge is -2.34. The lowest BCUT2D eigenvalue weighted by molar-refractivity contribution is -0.134. The minimum Gasteiger partial charge on any atom is -0.488 e. The summed E-state index contributed by atoms with van der Waals surface area (Å²) in [5.74, 6) is 1.37. The van der Waals surface area contributed by atoms with E-state index in [0.717, 1.165) is 12.5 Å². The molecular formula is C26H38N4O6S. The highest BCUT2D eigenvalue weighted by molar-refractivity contribution is 7.92. The first kappa shape index (κ1) is 27.4. The van der Waals surface area contributed by atoms with Gasteiger partial charge in [-0.1, -0.05) is 12.1 Å². The molecule has 204 valence electrons. The van der Waals surface area contributed by atoms with Crippen LogP contribution < -0.4 is 9.46 Å². The molecule has 0 saturated heterocycles. The number of nitrogens with zero attached hydrogens (tertiary/aromatic N) is 3. The Morgan fingerprint density at radius 3 is 2.62 bits per heavy atom. The summed E-state index contributed by atoms with van der Waals surface area (Å²) in [6.07, 6.45) is 2.36. The number of likely N-dealkylation sites (N-methyl/N-ethyl adjacent to an activating group) is 1. The zero-order valence-electron chi connectivity index (χ0n) is 22.2. The Hall–Kier alpha value is -2.63. The fourth-order valence-corrected chi connectivity index (χ4v) is 6.28. The van der Waals surface area contributed by atoms with Crippen LogP contribution in [-0.2, 0) is 21.2 Å². The van der Waals surface area contributed by atoms with E-state index in [1.165, 1.54) is 12.8 Å². The largest absolute Gasteiger partial charge is 0.488 e. The summed E-state index contributed by atoms with van der Waals surface area (Å²) in [6.45, 7) is 9.04. The first-order valence-electron chi connectivity index (χ1n) is 12.8. The van der Waals surface area contributed by atoms with E-state index in [2.05, 4.69) is 28.8 Å². The molecule has 2 aliphatic rings. The molecule has 1 amide bonds. The predicted octanol–water partition coefficient (Wildman–Crippen LogP) is 2.58. The number of aliphatic hydroxyl groups is 1. The average molecular weight is 535 g/mol. The normalized spacial score (nSPS) is 21.6. The minimum atomic E-state index is -3.95. The van der Waals surface area contributed by atoms with Crippen molar-refractivity contribution in [3.63, 3.8) is 0 Å². The van der Waals surface area contributed by atoms with Crippen molar-refractivity contribution in [1.29, 1.82) is 0 Å². The fourth-order valence-electron chi connectivity index (χ4n) is 4.90. The Labute approximate surface area is 219 Å². The molecule has 0 radical (unpaired) electrons. The van der Waals surface area contributed by atoms with Crippen molar-refractivity contribution in [2.75, 3.05) is 38.0 Å². The number of hydrogen-bond donors (Lipinski definition) is 2. The Balaban J connectivity index is 1.65. The Bertz CT molecular complexity index is 1210. The summed E-state index contributed by atoms with van der Waals surface area (Å²) in [7, 11) is -1.86. The Morgan fingerprint density at radius 1 is 1.27 bits per heavy atom. The van der Waals surface area contributed by atoms with E-state index in [1.54, 1.807) is 36.9 Å². The molecule has 11 heteroatoms. The Kier molecular flexibility index (Phi) is 8.15. The van der Waals surface area contributed by atoms with E-state index in [9.17, 15) is 18.3 Å². The molecule has 37 heavy (non-hydrogen) atoms. The van der Waals surface area contributed by atoms with Crippen molar-refractivity contribution in [2.24, 2.45) is 11.8 Å². The monoisotopic (exact) mass is 534 g/mol. The van der Waals surface area contributed by atoms with Crippen molar-refractivity contribution in [1.82, 2.24) is 15.0 Å². The fraction of sp³-hybridized carbons (Fsp3) is 0.615. The van der Waals surface area contributed by atoms with Crippen LogP contribution in [0.4, 0.5) is 5.69 Å². The third-order valence-corrected chi connectivity index (χ3v) is 8.79. The minimum absolute atomic E-state index is 0.00102. The first-order valence-corrected chi connectivity index (χ1v) is 14.3. The van der Waals surface area contributed by atoms with Gasteiger partial charge in [0.2, 0.25) is 5.91 Å². The van der Waals surface area contributed by atoms with Crippen LogP contribution in [0.15, 0.2) is 27.6 Å². The molecule has 1 aliphatic carbocycles. The highest BCUT2D eigenvalue weighted by Gasteiger charge is 2.32. The number of rotatable bonds is 9. The molecule has 1 fully saturated rings. The molecular weight excluding hydrogens is 496 g/mol. The summed E-state index contributed by atoms with van der Waals surface area (Å²) in [6, 6.07) is 4.66. The van der Waals surface area contributed by atoms with Gasteiger partial charge in [-0.3, -0.25) is 9.52 Å². The lowest BCUT2D eigenvalue weighted by atomic mass is 10.0. The standard InChI is InChI=1S/C26H38N4O6S/c1-16-12-30(17(2)15-31)25(32)11-21-10-22(28-37(33,34)26-18(3)27-36-19(26)4)8-9-23(21)35-24(16)14-29(5)13-20-6-7-20/h8-10,16-17,20,24,28,31H,6-7,11-15H2,1-5H3/t16-,17+,24+/m0/s1. The maximum absolute atomic E-state index is 13.4. The van der Waals surface area contributed by atoms with E-state index < -0.39 is 10.0 Å². The van der Waals surface area contributed by atoms with Gasteiger partial charge in [-0.2, -0.15) is 0 Å². The van der Waals surface area contributed by atoms with Crippen LogP contribution in [0.2, 0.25) is 0 Å². The van der Waals surface area contributed by atoms with Crippen molar-refractivity contribution in [3.05, 3.63) is 35.2 Å². The highest BCUT2D eigenvalue weighted by atomic mass is 32.2. The molecule has 2 aromatic rings. The molecule has 1 aromatic carbocycles. The van der Waals surface area contributed by atoms with Gasteiger partial charge < -0.3 is 24.2 Å². The number of aryl methyl sites for hydroxylation is 2. The number of carbonyl (C=O) groups is 1. The van der Waals surface area contributed by atoms with Gasteiger partial charge in [0.1, 0.15) is 17.5 Å². The number of nitrogens with one attached hydrogen (secondary N) is 1. The molecule has 1 aromatic heterocycles. The van der Waals surface area contributed by atoms with Gasteiger partial charge in [0.05, 0.1) is 19.1 Å². The molecule has 2 heterocycles. The maximum atomic E-state index is 13.4. The first-order chi connectivity index (χ1) is 17.5. The summed E-state index contributed by atoms with van der Waals surface area (Å²) < 4.78 is 40.2. The third kappa shape index (κ3) is 6.45. The summed E-state index contributed by atoms with van der Waals surface area (Å²) in [5.41, 5.74) is 1.17. The number of aliphatic hydroxyl groups excluding tert-OH is 1. The smallest absolute Gasteiger partial charge is 0.267 e. The molecule has 3 atom stereocenters. The van der Waals surface area contributed by atoms with Crippen LogP contribution in [-0.4, -0.2) is 79.8 Å². The number of sulfonamides is 1. The van der Waals surface area contributed by atoms with Crippen LogP contribution in [0, 0.1) is 25.7 Å². The van der Waals surface area contributed by atoms with Gasteiger partial charge in [-0.15, -0.1) is 0 Å². The SMILES string of the molecule is Cc1noc(C)c1S(=O)(=O)Nc1ccc2c(c1)CC(=O)N([C@H](C)CO)C[C@H](C)[C@@H](CN(C)CC1CC1)O2. The maximum Gasteiger partial charge on any atom is 0.267 e. The average Bonchev–Trinajstić information content (AvgIpc) is 3.56. The van der Waals surface area contributed by atoms with Gasteiger partial charge in [0.15, 0.2) is 10.7 Å². The number of ether oxygens (including phenoxy) is 1. The zero-order valence-corrected chi connectivity index (χ0v) is 23.0. The predicted molar refractivity (Wildman–Crippen MR) is 139 cm³/mol. The summed E-state index contributed by atoms with van der Waals surface area (Å²) in [4.78, 5) is 17.4. The van der Waals surface area contributed by atoms with Crippen LogP contribution in [0.5, 0.6) is 5.75 Å². The second-order valence-electron chi connectivity index (χ2n) is 10.6. The van der Waals surface area contributed by atoms with Gasteiger partial charge in [0, 0.05) is 36.8 Å². The molecule has 1 saturated carbocycles. The number of carbonyl (C=O) groups excluding carboxylic acids is 1. The topological polar surface area (TPSA) is 125 Å². The van der Waals surface area contributed by atoms with E-state index in [0.29, 0.717) is 30.1 Å². The number of aromatic nitrogens is 1. The molecule has 1 aliphatic heterocycles. The van der Waals surface area contributed by atoms with Gasteiger partial charge >= 0.3 is 0 Å². The van der Waals surface area contributed by atoms with E-state index in [4.69, 9.17) is 9.26 Å². The van der Waals surface area contributed by atoms with Crippen LogP contribution in [0.3, 0.4) is 0 Å². The van der Waals surface area contributed by atoms with Gasteiger partial charge in [-0.25, -0.2) is 8.42 Å². The molecule has 10 nitrogen and oxygen atoms in total. The van der Waals surface area contributed by atoms with Crippen molar-refractivity contribution < 1.29 is 27.6 Å². The Morgan fingerprint density at radius 2 is 2.00 bits per heavy atom. The van der Waals surface area contributed by atoms with Gasteiger partial charge in [-0.05, 0) is 64.8 Å². The van der Waals surface area contributed by atoms with Crippen molar-refractivity contribution >= 4 is 21.6 Å². The molecule has 2 N–H and O–H groups in total. The second-order valence-corrected chi connectivity index (χ2v) is 12.3.